The zero-order chi connectivity index (χ0) is 21.8. The highest BCUT2D eigenvalue weighted by Gasteiger charge is 2.33. The van der Waals surface area contributed by atoms with E-state index in [4.69, 9.17) is 32.8 Å². The number of carbonyl (C=O) groups excluding carboxylic acids is 1. The summed E-state index contributed by atoms with van der Waals surface area (Å²) >= 11 is 12.6. The van der Waals surface area contributed by atoms with E-state index in [2.05, 4.69) is 4.98 Å². The Morgan fingerprint density at radius 1 is 1.24 bits per heavy atom. The third-order valence-electron chi connectivity index (χ3n) is 3.57. The van der Waals surface area contributed by atoms with Crippen molar-refractivity contribution in [3.8, 4) is 0 Å². The van der Waals surface area contributed by atoms with Crippen molar-refractivity contribution in [2.75, 3.05) is 32.3 Å². The van der Waals surface area contributed by atoms with Crippen molar-refractivity contribution in [3.05, 3.63) is 51.8 Å². The molecule has 0 aliphatic rings. The first-order valence-electron chi connectivity index (χ1n) is 7.87. The van der Waals surface area contributed by atoms with Gasteiger partial charge >= 0.3 is 6.18 Å². The summed E-state index contributed by atoms with van der Waals surface area (Å²) in [4.78, 5) is 21.7. The predicted octanol–water partition coefficient (Wildman–Crippen LogP) is 5.16. The van der Waals surface area contributed by atoms with Gasteiger partial charge in [0.05, 0.1) is 28.4 Å². The average Bonchev–Trinajstić information content (AvgIpc) is 2.66. The third kappa shape index (κ3) is 5.89. The van der Waals surface area contributed by atoms with Gasteiger partial charge in [-0.25, -0.2) is 10.0 Å². The Labute approximate surface area is 179 Å². The summed E-state index contributed by atoms with van der Waals surface area (Å²) in [6.07, 6.45) is -3.33. The summed E-state index contributed by atoms with van der Waals surface area (Å²) in [6.45, 7) is -0.0758. The lowest BCUT2D eigenvalue weighted by Crippen LogP contribution is -2.29. The number of nitrogens with zero attached hydrogens (tertiary/aromatic N) is 3. The molecule has 1 aromatic heterocycles. The molecule has 0 saturated heterocycles. The highest BCUT2D eigenvalue weighted by atomic mass is 35.5. The molecular weight excluding hydrogens is 454 g/mol. The number of rotatable bonds is 7. The molecule has 0 N–H and O–H groups in total. The molecule has 0 atom stereocenters. The number of methoxy groups -OCH3 is 1. The van der Waals surface area contributed by atoms with Gasteiger partial charge in [0.25, 0.3) is 5.91 Å². The Kier molecular flexibility index (Phi) is 8.01. The number of halogens is 5. The first-order chi connectivity index (χ1) is 13.6. The number of amides is 1. The fraction of sp³-hybridized carbons (Fsp3) is 0.294. The number of benzene rings is 1. The zero-order valence-electron chi connectivity index (χ0n) is 15.5. The number of aromatic nitrogens is 1. The van der Waals surface area contributed by atoms with E-state index in [1.807, 2.05) is 0 Å². The molecule has 0 radical (unpaired) electrons. The molecule has 12 heteroatoms. The van der Waals surface area contributed by atoms with Crippen molar-refractivity contribution >= 4 is 46.7 Å². The molecule has 158 valence electrons. The second kappa shape index (κ2) is 9.86. The molecule has 0 fully saturated rings. The summed E-state index contributed by atoms with van der Waals surface area (Å²) in [5, 5.41) is 0.770. The molecule has 2 rings (SSSR count). The summed E-state index contributed by atoms with van der Waals surface area (Å²) in [5.41, 5.74) is -0.753. The lowest BCUT2D eigenvalue weighted by molar-refractivity contribution is -0.137. The van der Waals surface area contributed by atoms with Crippen LogP contribution in [-0.2, 0) is 15.8 Å². The Hall–Kier alpha value is -1.72. The highest BCUT2D eigenvalue weighted by molar-refractivity contribution is 8.00. The van der Waals surface area contributed by atoms with Gasteiger partial charge in [-0.3, -0.25) is 13.9 Å². The Balaban J connectivity index is 2.48. The zero-order valence-corrected chi connectivity index (χ0v) is 17.8. The van der Waals surface area contributed by atoms with Crippen LogP contribution in [0.2, 0.25) is 10.0 Å². The Morgan fingerprint density at radius 2 is 1.93 bits per heavy atom. The maximum atomic E-state index is 13.2. The summed E-state index contributed by atoms with van der Waals surface area (Å²) in [6, 6.07) is 4.94. The van der Waals surface area contributed by atoms with E-state index in [1.165, 1.54) is 43.9 Å². The van der Waals surface area contributed by atoms with Gasteiger partial charge in [0.1, 0.15) is 6.73 Å². The quantitative estimate of drug-likeness (QED) is 0.317. The molecule has 0 unspecified atom stereocenters. The van der Waals surface area contributed by atoms with E-state index in [0.29, 0.717) is 0 Å². The maximum absolute atomic E-state index is 13.2. The number of ether oxygens (including phenoxy) is 1. The summed E-state index contributed by atoms with van der Waals surface area (Å²) in [5.74, 6) is -0.576. The van der Waals surface area contributed by atoms with Crippen LogP contribution in [0, 0.1) is 0 Å². The molecule has 1 aromatic carbocycles. The minimum atomic E-state index is -4.61. The van der Waals surface area contributed by atoms with Crippen LogP contribution in [0.1, 0.15) is 16.1 Å². The lowest BCUT2D eigenvalue weighted by atomic mass is 10.2. The maximum Gasteiger partial charge on any atom is 0.417 e. The topological polar surface area (TPSA) is 54.9 Å². The lowest BCUT2D eigenvalue weighted by Gasteiger charge is -2.25. The Bertz CT molecular complexity index is 887. The SMILES string of the molecule is COCN(Sc1ccc(Cl)c(C(F)(F)F)c1)c1cc(Cl)cnc1C(=O)N(C)OC. The van der Waals surface area contributed by atoms with Gasteiger partial charge in [-0.05, 0) is 36.2 Å². The minimum absolute atomic E-state index is 0.0201. The van der Waals surface area contributed by atoms with Crippen molar-refractivity contribution in [2.45, 2.75) is 11.1 Å². The smallest absolute Gasteiger partial charge is 0.363 e. The summed E-state index contributed by atoms with van der Waals surface area (Å²) < 4.78 is 46.1. The monoisotopic (exact) mass is 469 g/mol. The second-order valence-electron chi connectivity index (χ2n) is 5.53. The van der Waals surface area contributed by atoms with Crippen LogP contribution in [0.4, 0.5) is 18.9 Å². The number of pyridine rings is 1. The molecule has 1 amide bonds. The number of carbonyl (C=O) groups is 1. The Morgan fingerprint density at radius 3 is 2.52 bits per heavy atom. The molecule has 0 aliphatic carbocycles. The van der Waals surface area contributed by atoms with Crippen molar-refractivity contribution in [1.29, 1.82) is 0 Å². The van der Waals surface area contributed by atoms with Crippen molar-refractivity contribution in [1.82, 2.24) is 10.0 Å². The molecule has 29 heavy (non-hydrogen) atoms. The van der Waals surface area contributed by atoms with Crippen LogP contribution in [0.5, 0.6) is 0 Å². The van der Waals surface area contributed by atoms with Crippen LogP contribution in [0.3, 0.4) is 0 Å². The van der Waals surface area contributed by atoms with Crippen molar-refractivity contribution in [3.63, 3.8) is 0 Å². The van der Waals surface area contributed by atoms with Gasteiger partial charge in [0.2, 0.25) is 0 Å². The average molecular weight is 470 g/mol. The normalized spacial score (nSPS) is 11.4. The summed E-state index contributed by atoms with van der Waals surface area (Å²) in [7, 11) is 4.10. The molecule has 0 bridgehead atoms. The molecule has 1 heterocycles. The van der Waals surface area contributed by atoms with Gasteiger partial charge < -0.3 is 4.74 Å². The number of alkyl halides is 3. The van der Waals surface area contributed by atoms with Gasteiger partial charge in [0.15, 0.2) is 5.69 Å². The van der Waals surface area contributed by atoms with E-state index in [1.54, 1.807) is 0 Å². The van der Waals surface area contributed by atoms with E-state index in [-0.39, 0.29) is 28.0 Å². The molecule has 6 nitrogen and oxygen atoms in total. The van der Waals surface area contributed by atoms with Crippen molar-refractivity contribution in [2.24, 2.45) is 0 Å². The fourth-order valence-electron chi connectivity index (χ4n) is 2.18. The van der Waals surface area contributed by atoms with E-state index in [0.717, 1.165) is 29.1 Å². The minimum Gasteiger partial charge on any atom is -0.363 e. The predicted molar refractivity (Wildman–Crippen MR) is 105 cm³/mol. The van der Waals surface area contributed by atoms with Crippen LogP contribution in [-0.4, -0.2) is 44.0 Å². The molecule has 0 spiro atoms. The molecule has 0 saturated carbocycles. The third-order valence-corrected chi connectivity index (χ3v) is 5.09. The standard InChI is InChI=1S/C17H16Cl2F3N3O3S/c1-24(28-3)16(26)15-14(6-10(18)8-23-15)25(9-27-2)29-11-4-5-13(19)12(7-11)17(20,21)22/h4-8H,9H2,1-3H3. The first kappa shape index (κ1) is 23.6. The highest BCUT2D eigenvalue weighted by Crippen LogP contribution is 2.39. The van der Waals surface area contributed by atoms with Gasteiger partial charge in [-0.2, -0.15) is 13.2 Å². The van der Waals surface area contributed by atoms with Crippen molar-refractivity contribution < 1.29 is 27.5 Å². The molecule has 0 aliphatic heterocycles. The van der Waals surface area contributed by atoms with Crippen LogP contribution >= 0.6 is 35.1 Å². The van der Waals surface area contributed by atoms with Gasteiger partial charge in [-0.1, -0.05) is 23.2 Å². The van der Waals surface area contributed by atoms with E-state index in [9.17, 15) is 18.0 Å². The number of hydroxylamine groups is 2. The van der Waals surface area contributed by atoms with Crippen LogP contribution in [0.15, 0.2) is 35.4 Å². The van der Waals surface area contributed by atoms with Crippen LogP contribution in [0.25, 0.3) is 0 Å². The number of hydrogen-bond acceptors (Lipinski definition) is 6. The molecule has 2 aromatic rings. The fourth-order valence-corrected chi connectivity index (χ4v) is 3.51. The number of anilines is 1. The number of hydrogen-bond donors (Lipinski definition) is 0. The van der Waals surface area contributed by atoms with E-state index < -0.39 is 22.7 Å². The van der Waals surface area contributed by atoms with Gasteiger partial charge in [0, 0.05) is 25.2 Å². The largest absolute Gasteiger partial charge is 0.417 e. The van der Waals surface area contributed by atoms with Crippen LogP contribution < -0.4 is 4.31 Å². The first-order valence-corrected chi connectivity index (χ1v) is 9.40. The van der Waals surface area contributed by atoms with E-state index >= 15 is 0 Å². The van der Waals surface area contributed by atoms with Gasteiger partial charge in [-0.15, -0.1) is 0 Å². The molecular formula is C17H16Cl2F3N3O3S. The second-order valence-corrected chi connectivity index (χ2v) is 7.47.